The van der Waals surface area contributed by atoms with E-state index in [2.05, 4.69) is 0 Å². The molecule has 1 N–H and O–H groups in total. The third-order valence-electron chi connectivity index (χ3n) is 6.67. The summed E-state index contributed by atoms with van der Waals surface area (Å²) in [6, 6.07) is 0. The van der Waals surface area contributed by atoms with E-state index in [-0.39, 0.29) is 48.0 Å². The van der Waals surface area contributed by atoms with Crippen LogP contribution in [-0.4, -0.2) is 59.2 Å². The van der Waals surface area contributed by atoms with E-state index in [1.165, 1.54) is 23.9 Å². The molecule has 0 aromatic heterocycles. The number of aliphatic hydroxyl groups excluding tert-OH is 1. The Bertz CT molecular complexity index is 714. The number of fused-ring (bicyclic) bond motifs is 4. The first-order valence-corrected chi connectivity index (χ1v) is 8.82. The number of carbonyl (C=O) groups excluding carboxylic acids is 4. The number of aliphatic hydroxyl groups is 1. The number of amides is 4. The largest absolute Gasteiger partial charge is 0.396 e. The van der Waals surface area contributed by atoms with Gasteiger partial charge in [0.2, 0.25) is 23.6 Å². The van der Waals surface area contributed by atoms with Gasteiger partial charge in [-0.3, -0.25) is 29.0 Å². The van der Waals surface area contributed by atoms with Crippen molar-refractivity contribution in [1.29, 1.82) is 0 Å². The van der Waals surface area contributed by atoms with Crippen molar-refractivity contribution in [2.45, 2.75) is 19.3 Å². The van der Waals surface area contributed by atoms with Crippen molar-refractivity contribution < 1.29 is 24.3 Å². The highest BCUT2D eigenvalue weighted by molar-refractivity contribution is 6.07. The first kappa shape index (κ1) is 16.4. The molecule has 2 aliphatic heterocycles. The first-order valence-electron chi connectivity index (χ1n) is 8.82. The Morgan fingerprint density at radius 1 is 0.920 bits per heavy atom. The van der Waals surface area contributed by atoms with E-state index < -0.39 is 17.8 Å². The number of rotatable bonds is 2. The Morgan fingerprint density at radius 2 is 1.52 bits per heavy atom. The lowest BCUT2D eigenvalue weighted by Crippen LogP contribution is -2.44. The van der Waals surface area contributed by atoms with Gasteiger partial charge < -0.3 is 5.11 Å². The van der Waals surface area contributed by atoms with Crippen LogP contribution >= 0.6 is 0 Å². The molecule has 1 saturated carbocycles. The van der Waals surface area contributed by atoms with Crippen LogP contribution in [0.3, 0.4) is 0 Å². The third-order valence-corrected chi connectivity index (χ3v) is 6.67. The van der Waals surface area contributed by atoms with Crippen LogP contribution in [0.4, 0.5) is 0 Å². The molecular weight excluding hydrogens is 324 g/mol. The van der Waals surface area contributed by atoms with Crippen LogP contribution in [0.1, 0.15) is 19.3 Å². The summed E-state index contributed by atoms with van der Waals surface area (Å²) in [6.45, 7) is -0.0794. The van der Waals surface area contributed by atoms with Crippen molar-refractivity contribution in [1.82, 2.24) is 9.80 Å². The fourth-order valence-electron chi connectivity index (χ4n) is 5.51. The summed E-state index contributed by atoms with van der Waals surface area (Å²) in [5.41, 5.74) is 0.990. The van der Waals surface area contributed by atoms with E-state index in [0.717, 1.165) is 5.57 Å². The fourth-order valence-corrected chi connectivity index (χ4v) is 5.51. The minimum absolute atomic E-state index is 0.0794. The predicted octanol–water partition coefficient (Wildman–Crippen LogP) is -0.203. The molecule has 4 amide bonds. The summed E-state index contributed by atoms with van der Waals surface area (Å²) in [6.07, 6.45) is 3.30. The van der Waals surface area contributed by atoms with Crippen LogP contribution in [0.15, 0.2) is 11.6 Å². The van der Waals surface area contributed by atoms with Gasteiger partial charge in [-0.05, 0) is 31.1 Å². The minimum atomic E-state index is -0.455. The molecule has 7 heteroatoms. The van der Waals surface area contributed by atoms with E-state index >= 15 is 0 Å². The predicted molar refractivity (Wildman–Crippen MR) is 85.5 cm³/mol. The number of carbonyl (C=O) groups is 4. The zero-order valence-electron chi connectivity index (χ0n) is 14.3. The van der Waals surface area contributed by atoms with Gasteiger partial charge in [0.15, 0.2) is 0 Å². The van der Waals surface area contributed by atoms with Gasteiger partial charge in [-0.25, -0.2) is 0 Å². The van der Waals surface area contributed by atoms with Crippen LogP contribution in [0.25, 0.3) is 0 Å². The van der Waals surface area contributed by atoms with Crippen LogP contribution < -0.4 is 0 Å². The van der Waals surface area contributed by atoms with Gasteiger partial charge in [0.05, 0.1) is 23.7 Å². The molecular formula is C18H22N2O5. The Labute approximate surface area is 145 Å². The SMILES string of the molecule is CN1C(=O)[C@H]2[C@H](CC=C3[C@H]2C[C@H]2C(=O)N(C)C(=O)[C@H]2[C@H]3CCO)C1=O. The smallest absolute Gasteiger partial charge is 0.233 e. The summed E-state index contributed by atoms with van der Waals surface area (Å²) in [5.74, 6) is -2.86. The standard InChI is InChI=1S/C18H22N2O5/c1-19-15(22)10-4-3-8-9(5-6-21)13-12(16(23)20(2)17(13)24)7-11(8)14(10)18(19)25/h3,9-14,21H,4-7H2,1-2H3/t9-,10-,11+,12+,13-,14-/m0/s1. The van der Waals surface area contributed by atoms with Gasteiger partial charge >= 0.3 is 0 Å². The molecule has 2 heterocycles. The molecule has 0 bridgehead atoms. The molecule has 6 atom stereocenters. The van der Waals surface area contributed by atoms with E-state index in [1.807, 2.05) is 6.08 Å². The molecule has 2 aliphatic carbocycles. The second-order valence-corrected chi connectivity index (χ2v) is 7.64. The summed E-state index contributed by atoms with van der Waals surface area (Å²) in [4.78, 5) is 52.5. The quantitative estimate of drug-likeness (QED) is 0.552. The second-order valence-electron chi connectivity index (χ2n) is 7.64. The van der Waals surface area contributed by atoms with Crippen LogP contribution in [0.2, 0.25) is 0 Å². The maximum atomic E-state index is 12.6. The van der Waals surface area contributed by atoms with Gasteiger partial charge in [0.1, 0.15) is 0 Å². The number of hydrogen-bond acceptors (Lipinski definition) is 5. The first-order chi connectivity index (χ1) is 11.9. The zero-order valence-corrected chi connectivity index (χ0v) is 14.3. The lowest BCUT2D eigenvalue weighted by Gasteiger charge is -2.43. The van der Waals surface area contributed by atoms with Crippen molar-refractivity contribution in [3.63, 3.8) is 0 Å². The Morgan fingerprint density at radius 3 is 2.16 bits per heavy atom. The molecule has 0 aromatic carbocycles. The molecule has 4 rings (SSSR count). The van der Waals surface area contributed by atoms with E-state index in [0.29, 0.717) is 19.3 Å². The summed E-state index contributed by atoms with van der Waals surface area (Å²) in [7, 11) is 3.01. The second kappa shape index (κ2) is 5.49. The molecule has 3 fully saturated rings. The number of hydrogen-bond donors (Lipinski definition) is 1. The monoisotopic (exact) mass is 346 g/mol. The number of nitrogens with zero attached hydrogens (tertiary/aromatic N) is 2. The Kier molecular flexibility index (Phi) is 3.61. The highest BCUT2D eigenvalue weighted by atomic mass is 16.3. The van der Waals surface area contributed by atoms with Gasteiger partial charge in [0.25, 0.3) is 0 Å². The fraction of sp³-hybridized carbons (Fsp3) is 0.667. The summed E-state index contributed by atoms with van der Waals surface area (Å²) >= 11 is 0. The Balaban J connectivity index is 1.77. The molecule has 0 unspecified atom stereocenters. The third kappa shape index (κ3) is 2.02. The average Bonchev–Trinajstić information content (AvgIpc) is 2.96. The van der Waals surface area contributed by atoms with Gasteiger partial charge in [-0.15, -0.1) is 0 Å². The highest BCUT2D eigenvalue weighted by Gasteiger charge is 2.60. The summed E-state index contributed by atoms with van der Waals surface area (Å²) in [5, 5.41) is 9.50. The summed E-state index contributed by atoms with van der Waals surface area (Å²) < 4.78 is 0. The maximum Gasteiger partial charge on any atom is 0.233 e. The van der Waals surface area contributed by atoms with Crippen molar-refractivity contribution >= 4 is 23.6 Å². The van der Waals surface area contributed by atoms with Gasteiger partial charge in [-0.1, -0.05) is 11.6 Å². The van der Waals surface area contributed by atoms with Gasteiger partial charge in [0, 0.05) is 20.7 Å². The average molecular weight is 346 g/mol. The molecule has 0 spiro atoms. The molecule has 0 aromatic rings. The molecule has 0 radical (unpaired) electrons. The topological polar surface area (TPSA) is 95.0 Å². The van der Waals surface area contributed by atoms with Crippen LogP contribution in [0.5, 0.6) is 0 Å². The molecule has 25 heavy (non-hydrogen) atoms. The Hall–Kier alpha value is -2.02. The zero-order chi connectivity index (χ0) is 18.0. The van der Waals surface area contributed by atoms with E-state index in [4.69, 9.17) is 0 Å². The number of imide groups is 2. The number of allylic oxidation sites excluding steroid dienone is 2. The molecule has 134 valence electrons. The lowest BCUT2D eigenvalue weighted by atomic mass is 9.58. The molecule has 4 aliphatic rings. The minimum Gasteiger partial charge on any atom is -0.396 e. The van der Waals surface area contributed by atoms with E-state index in [1.54, 1.807) is 0 Å². The van der Waals surface area contributed by atoms with Crippen molar-refractivity contribution in [2.24, 2.45) is 35.5 Å². The maximum absolute atomic E-state index is 12.6. The van der Waals surface area contributed by atoms with Crippen LogP contribution in [0, 0.1) is 35.5 Å². The lowest BCUT2D eigenvalue weighted by molar-refractivity contribution is -0.140. The van der Waals surface area contributed by atoms with Crippen molar-refractivity contribution in [2.75, 3.05) is 20.7 Å². The van der Waals surface area contributed by atoms with E-state index in [9.17, 15) is 24.3 Å². The van der Waals surface area contributed by atoms with Crippen molar-refractivity contribution in [3.8, 4) is 0 Å². The number of likely N-dealkylation sites (tertiary alicyclic amines) is 2. The normalized spacial score (nSPS) is 40.2. The van der Waals surface area contributed by atoms with Gasteiger partial charge in [-0.2, -0.15) is 0 Å². The van der Waals surface area contributed by atoms with Crippen LogP contribution in [-0.2, 0) is 19.2 Å². The highest BCUT2D eigenvalue weighted by Crippen LogP contribution is 2.55. The molecule has 2 saturated heterocycles. The molecule has 7 nitrogen and oxygen atoms in total. The van der Waals surface area contributed by atoms with Crippen molar-refractivity contribution in [3.05, 3.63) is 11.6 Å².